The number of benzene rings is 1. The molecule has 0 amide bonds. The molecular weight excluding hydrogens is 445 g/mol. The second kappa shape index (κ2) is 7.38. The zero-order valence-electron chi connectivity index (χ0n) is 17.0. The zero-order chi connectivity index (χ0) is 17.9. The Kier molecular flexibility index (Phi) is 6.70. The molecule has 0 saturated heterocycles. The molecule has 0 aromatic heterocycles. The molecule has 0 aliphatic rings. The molecule has 0 saturated carbocycles. The molecule has 0 fully saturated rings. The van der Waals surface area contributed by atoms with E-state index in [-0.39, 0.29) is 0 Å². The van der Waals surface area contributed by atoms with Gasteiger partial charge < -0.3 is 0 Å². The fourth-order valence-corrected chi connectivity index (χ4v) is 29.4. The van der Waals surface area contributed by atoms with Gasteiger partial charge in [0.15, 0.2) is 0 Å². The minimum atomic E-state index is -2.56. The van der Waals surface area contributed by atoms with Gasteiger partial charge in [-0.25, -0.2) is 0 Å². The molecule has 1 aromatic rings. The molecule has 0 aliphatic carbocycles. The van der Waals surface area contributed by atoms with Crippen molar-refractivity contribution in [2.24, 2.45) is 16.2 Å². The summed E-state index contributed by atoms with van der Waals surface area (Å²) in [6, 6.07) is 11.1. The Morgan fingerprint density at radius 3 is 1.30 bits per heavy atom. The van der Waals surface area contributed by atoms with Crippen molar-refractivity contribution in [3.63, 3.8) is 0 Å². The van der Waals surface area contributed by atoms with Crippen molar-refractivity contribution in [1.82, 2.24) is 0 Å². The van der Waals surface area contributed by atoms with Gasteiger partial charge in [0.05, 0.1) is 0 Å². The van der Waals surface area contributed by atoms with E-state index in [0.29, 0.717) is 16.2 Å². The summed E-state index contributed by atoms with van der Waals surface area (Å²) in [5.41, 5.74) is 2.71. The van der Waals surface area contributed by atoms with Crippen molar-refractivity contribution in [1.29, 1.82) is 0 Å². The molecule has 0 spiro atoms. The first-order chi connectivity index (χ1) is 10.2. The summed E-state index contributed by atoms with van der Waals surface area (Å²) in [5, 5.41) is 0. The quantitative estimate of drug-likeness (QED) is 0.418. The second-order valence-electron chi connectivity index (χ2n) is 10.9. The van der Waals surface area contributed by atoms with Gasteiger partial charge in [-0.05, 0) is 0 Å². The van der Waals surface area contributed by atoms with Gasteiger partial charge >= 0.3 is 149 Å². The average Bonchev–Trinajstić information content (AvgIpc) is 2.21. The van der Waals surface area contributed by atoms with Crippen LogP contribution in [0, 0.1) is 16.2 Å². The van der Waals surface area contributed by atoms with Gasteiger partial charge in [0, 0.05) is 0 Å². The third-order valence-corrected chi connectivity index (χ3v) is 23.6. The van der Waals surface area contributed by atoms with Crippen molar-refractivity contribution in [3.05, 3.63) is 35.9 Å². The van der Waals surface area contributed by atoms with E-state index < -0.39 is 16.7 Å². The van der Waals surface area contributed by atoms with Crippen molar-refractivity contribution < 1.29 is 16.7 Å². The van der Waals surface area contributed by atoms with Crippen molar-refractivity contribution >= 4 is 4.23 Å². The van der Waals surface area contributed by atoms with Crippen LogP contribution in [0.2, 0.25) is 13.9 Å². The van der Waals surface area contributed by atoms with E-state index in [0.717, 1.165) is 0 Å². The van der Waals surface area contributed by atoms with Crippen LogP contribution in [0.4, 0.5) is 0 Å². The topological polar surface area (TPSA) is 0 Å². The van der Waals surface area contributed by atoms with E-state index in [4.69, 9.17) is 0 Å². The molecule has 1 rings (SSSR count). The summed E-state index contributed by atoms with van der Waals surface area (Å²) >= 11 is -2.56. The monoisotopic (exact) mass is 484 g/mol. The van der Waals surface area contributed by atoms with Gasteiger partial charge in [0.1, 0.15) is 0 Å². The van der Waals surface area contributed by atoms with Crippen LogP contribution in [0.15, 0.2) is 30.3 Å². The summed E-state index contributed by atoms with van der Waals surface area (Å²) in [6.45, 7) is 21.9. The maximum absolute atomic E-state index is 2.79. The van der Waals surface area contributed by atoms with Crippen LogP contribution in [0.25, 0.3) is 0 Å². The van der Waals surface area contributed by atoms with Gasteiger partial charge in [-0.3, -0.25) is 0 Å². The summed E-state index contributed by atoms with van der Waals surface area (Å²) in [4.78, 5) is 0. The molecule has 1 aromatic carbocycles. The molecular formula is C22H39Ta. The molecule has 0 atom stereocenters. The number of hydrogen-bond donors (Lipinski definition) is 0. The molecule has 0 unspecified atom stereocenters. The van der Waals surface area contributed by atoms with Crippen LogP contribution in [0.1, 0.15) is 67.9 Å². The van der Waals surface area contributed by atoms with Crippen molar-refractivity contribution in [3.8, 4) is 0 Å². The minimum absolute atomic E-state index is 0.417. The Balaban J connectivity index is 3.47. The Hall–Kier alpha value is -0.170. The van der Waals surface area contributed by atoms with E-state index in [1.54, 1.807) is 0 Å². The van der Waals surface area contributed by atoms with E-state index in [1.807, 2.05) is 0 Å². The normalized spacial score (nSPS) is 14.0. The number of rotatable bonds is 4. The van der Waals surface area contributed by atoms with E-state index in [9.17, 15) is 0 Å². The molecule has 23 heavy (non-hydrogen) atoms. The Morgan fingerprint density at radius 1 is 0.652 bits per heavy atom. The van der Waals surface area contributed by atoms with Crippen molar-refractivity contribution in [2.75, 3.05) is 0 Å². The Bertz CT molecular complexity index is 483. The average molecular weight is 485 g/mol. The van der Waals surface area contributed by atoms with Gasteiger partial charge in [0.25, 0.3) is 0 Å². The number of hydrogen-bond acceptors (Lipinski definition) is 0. The summed E-state index contributed by atoms with van der Waals surface area (Å²) in [5.74, 6) is 0. The van der Waals surface area contributed by atoms with Crippen LogP contribution in [0.5, 0.6) is 0 Å². The molecule has 0 radical (unpaired) electrons. The van der Waals surface area contributed by atoms with Crippen LogP contribution in [0.3, 0.4) is 0 Å². The van der Waals surface area contributed by atoms with Gasteiger partial charge in [0.2, 0.25) is 0 Å². The third-order valence-electron chi connectivity index (χ3n) is 3.59. The molecule has 0 N–H and O–H groups in total. The standard InChI is InChI=1S/C7H6.3C5H11.Ta/c1-7-5-3-2-4-6-7;3*1-5(2,3)4;/h1-6H;3*1H2,2-4H3;. The fraction of sp³-hybridized carbons (Fsp3) is 0.682. The predicted octanol–water partition coefficient (Wildman–Crippen LogP) is 7.38. The fourth-order valence-electron chi connectivity index (χ4n) is 3.99. The van der Waals surface area contributed by atoms with Gasteiger partial charge in [-0.1, -0.05) is 0 Å². The van der Waals surface area contributed by atoms with Crippen LogP contribution in [-0.4, -0.2) is 4.23 Å². The van der Waals surface area contributed by atoms with E-state index in [1.165, 1.54) is 19.5 Å². The first-order valence-electron chi connectivity index (χ1n) is 8.97. The first-order valence-corrected chi connectivity index (χ1v) is 17.6. The molecule has 132 valence electrons. The summed E-state index contributed by atoms with van der Waals surface area (Å²) in [6.07, 6.45) is 0. The first kappa shape index (κ1) is 20.9. The van der Waals surface area contributed by atoms with E-state index in [2.05, 4.69) is 96.9 Å². The molecule has 1 heteroatoms. The van der Waals surface area contributed by atoms with Crippen molar-refractivity contribution in [2.45, 2.75) is 76.2 Å². The Morgan fingerprint density at radius 2 is 1.00 bits per heavy atom. The molecule has 0 nitrogen and oxygen atoms in total. The predicted molar refractivity (Wildman–Crippen MR) is 104 cm³/mol. The summed E-state index contributed by atoms with van der Waals surface area (Å²) < 4.78 is 7.12. The second-order valence-corrected chi connectivity index (χ2v) is 24.0. The third kappa shape index (κ3) is 9.03. The molecule has 0 bridgehead atoms. The molecule has 0 heterocycles. The van der Waals surface area contributed by atoms with Gasteiger partial charge in [-0.2, -0.15) is 0 Å². The summed E-state index contributed by atoms with van der Waals surface area (Å²) in [7, 11) is 0. The molecule has 0 aliphatic heterocycles. The van der Waals surface area contributed by atoms with Crippen LogP contribution in [-0.2, 0) is 16.7 Å². The SMILES string of the molecule is CC(C)(C)[CH2][Ta](=[CH]c1ccccc1)([CH2]C(C)(C)C)[CH2]C(C)(C)C. The van der Waals surface area contributed by atoms with Crippen LogP contribution >= 0.6 is 0 Å². The Labute approximate surface area is 149 Å². The van der Waals surface area contributed by atoms with Gasteiger partial charge in [-0.15, -0.1) is 0 Å². The zero-order valence-corrected chi connectivity index (χ0v) is 20.2. The maximum atomic E-state index is 2.79. The van der Waals surface area contributed by atoms with E-state index >= 15 is 0 Å². The van der Waals surface area contributed by atoms with Crippen LogP contribution < -0.4 is 0 Å².